The molecule has 1 aromatic rings. The molecule has 1 aliphatic rings. The van der Waals surface area contributed by atoms with Crippen LogP contribution >= 0.6 is 0 Å². The summed E-state index contributed by atoms with van der Waals surface area (Å²) in [6.45, 7) is 1.56. The Hall–Kier alpha value is -1.91. The van der Waals surface area contributed by atoms with E-state index in [1.54, 1.807) is 6.92 Å². The topological polar surface area (TPSA) is 58.2 Å². The summed E-state index contributed by atoms with van der Waals surface area (Å²) in [6, 6.07) is 3.05. The predicted molar refractivity (Wildman–Crippen MR) is 52.0 cm³/mol. The summed E-state index contributed by atoms with van der Waals surface area (Å²) in [4.78, 5) is 22.9. The lowest BCUT2D eigenvalue weighted by molar-refractivity contribution is -0.117. The van der Waals surface area contributed by atoms with Crippen LogP contribution in [0.4, 0.5) is 10.1 Å². The molecule has 2 rings (SSSR count). The summed E-state index contributed by atoms with van der Waals surface area (Å²) in [5.41, 5.74) is 0.482. The van der Waals surface area contributed by atoms with Crippen LogP contribution in [0.1, 0.15) is 17.3 Å². The normalized spacial score (nSPS) is 20.0. The Morgan fingerprint density at radius 3 is 2.80 bits per heavy atom. The van der Waals surface area contributed by atoms with Crippen molar-refractivity contribution in [1.29, 1.82) is 0 Å². The van der Waals surface area contributed by atoms with Gasteiger partial charge in [0.15, 0.2) is 0 Å². The van der Waals surface area contributed by atoms with Gasteiger partial charge in [0.1, 0.15) is 11.9 Å². The zero-order valence-corrected chi connectivity index (χ0v) is 8.00. The highest BCUT2D eigenvalue weighted by molar-refractivity contribution is 6.09. The van der Waals surface area contributed by atoms with Crippen molar-refractivity contribution < 1.29 is 14.0 Å². The SMILES string of the molecule is CC1NC(=O)c2cc(F)ccc2NC1=O. The lowest BCUT2D eigenvalue weighted by Crippen LogP contribution is -2.38. The van der Waals surface area contributed by atoms with Gasteiger partial charge in [-0.3, -0.25) is 9.59 Å². The van der Waals surface area contributed by atoms with E-state index < -0.39 is 17.8 Å². The first-order valence-corrected chi connectivity index (χ1v) is 4.49. The Morgan fingerprint density at radius 1 is 1.33 bits per heavy atom. The maximum absolute atomic E-state index is 12.9. The molecule has 5 heteroatoms. The molecule has 15 heavy (non-hydrogen) atoms. The molecule has 78 valence electrons. The lowest BCUT2D eigenvalue weighted by atomic mass is 10.1. The smallest absolute Gasteiger partial charge is 0.254 e. The van der Waals surface area contributed by atoms with Crippen LogP contribution in [0.15, 0.2) is 18.2 Å². The van der Waals surface area contributed by atoms with Gasteiger partial charge < -0.3 is 10.6 Å². The van der Waals surface area contributed by atoms with E-state index in [1.807, 2.05) is 0 Å². The summed E-state index contributed by atoms with van der Waals surface area (Å²) in [5.74, 6) is -1.27. The fraction of sp³-hybridized carbons (Fsp3) is 0.200. The maximum Gasteiger partial charge on any atom is 0.254 e. The molecule has 1 heterocycles. The van der Waals surface area contributed by atoms with Gasteiger partial charge in [-0.25, -0.2) is 4.39 Å². The lowest BCUT2D eigenvalue weighted by Gasteiger charge is -2.06. The van der Waals surface area contributed by atoms with Crippen molar-refractivity contribution in [3.8, 4) is 0 Å². The largest absolute Gasteiger partial charge is 0.340 e. The Morgan fingerprint density at radius 2 is 2.07 bits per heavy atom. The van der Waals surface area contributed by atoms with Crippen LogP contribution in [0.3, 0.4) is 0 Å². The van der Waals surface area contributed by atoms with Gasteiger partial charge in [0.2, 0.25) is 5.91 Å². The van der Waals surface area contributed by atoms with E-state index in [0.29, 0.717) is 5.69 Å². The van der Waals surface area contributed by atoms with Crippen LogP contribution in [0.25, 0.3) is 0 Å². The summed E-state index contributed by atoms with van der Waals surface area (Å²) in [7, 11) is 0. The van der Waals surface area contributed by atoms with Gasteiger partial charge in [0.25, 0.3) is 5.91 Å². The summed E-state index contributed by atoms with van der Waals surface area (Å²) >= 11 is 0. The molecule has 1 aliphatic heterocycles. The third kappa shape index (κ3) is 1.68. The number of hydrogen-bond acceptors (Lipinski definition) is 2. The Labute approximate surface area is 85.5 Å². The number of hydrogen-bond donors (Lipinski definition) is 2. The number of amides is 2. The average molecular weight is 208 g/mol. The Bertz CT molecular complexity index is 445. The molecule has 2 amide bonds. The number of benzene rings is 1. The zero-order chi connectivity index (χ0) is 11.0. The van der Waals surface area contributed by atoms with Crippen LogP contribution in [-0.2, 0) is 4.79 Å². The molecule has 1 unspecified atom stereocenters. The molecule has 0 aliphatic carbocycles. The minimum absolute atomic E-state index is 0.146. The van der Waals surface area contributed by atoms with Crippen molar-refractivity contribution >= 4 is 17.5 Å². The second-order valence-electron chi connectivity index (χ2n) is 3.37. The van der Waals surface area contributed by atoms with E-state index in [2.05, 4.69) is 10.6 Å². The molecule has 1 aromatic carbocycles. The average Bonchev–Trinajstić information content (AvgIpc) is 2.28. The molecule has 0 radical (unpaired) electrons. The molecule has 0 bridgehead atoms. The maximum atomic E-state index is 12.9. The van der Waals surface area contributed by atoms with E-state index in [1.165, 1.54) is 12.1 Å². The van der Waals surface area contributed by atoms with Gasteiger partial charge in [-0.1, -0.05) is 0 Å². The van der Waals surface area contributed by atoms with Crippen molar-refractivity contribution in [1.82, 2.24) is 5.32 Å². The quantitative estimate of drug-likeness (QED) is 0.665. The number of rotatable bonds is 0. The van der Waals surface area contributed by atoms with Crippen LogP contribution in [-0.4, -0.2) is 17.9 Å². The van der Waals surface area contributed by atoms with Crippen LogP contribution in [0, 0.1) is 5.82 Å². The van der Waals surface area contributed by atoms with Gasteiger partial charge in [-0.2, -0.15) is 0 Å². The number of carbonyl (C=O) groups is 2. The van der Waals surface area contributed by atoms with Crippen molar-refractivity contribution in [3.05, 3.63) is 29.6 Å². The molecule has 2 N–H and O–H groups in total. The van der Waals surface area contributed by atoms with Crippen molar-refractivity contribution in [3.63, 3.8) is 0 Å². The fourth-order valence-corrected chi connectivity index (χ4v) is 1.39. The molecule has 0 spiro atoms. The third-order valence-corrected chi connectivity index (χ3v) is 2.22. The first-order chi connectivity index (χ1) is 7.08. The fourth-order valence-electron chi connectivity index (χ4n) is 1.39. The Balaban J connectivity index is 2.51. The Kier molecular flexibility index (Phi) is 2.15. The zero-order valence-electron chi connectivity index (χ0n) is 8.00. The third-order valence-electron chi connectivity index (χ3n) is 2.22. The molecular formula is C10H9FN2O2. The molecule has 0 aromatic heterocycles. The van der Waals surface area contributed by atoms with E-state index in [4.69, 9.17) is 0 Å². The first kappa shape index (κ1) is 9.64. The number of nitrogens with one attached hydrogen (secondary N) is 2. The summed E-state index contributed by atoms with van der Waals surface area (Å²) < 4.78 is 12.9. The number of halogens is 1. The molecule has 4 nitrogen and oxygen atoms in total. The van der Waals surface area contributed by atoms with Crippen LogP contribution < -0.4 is 10.6 Å². The second-order valence-corrected chi connectivity index (χ2v) is 3.37. The van der Waals surface area contributed by atoms with Gasteiger partial charge >= 0.3 is 0 Å². The summed E-state index contributed by atoms with van der Waals surface area (Å²) in [6.07, 6.45) is 0. The standard InChI is InChI=1S/C10H9FN2O2/c1-5-9(14)13-8-3-2-6(11)4-7(8)10(15)12-5/h2-5H,1H3,(H,12,15)(H,13,14). The highest BCUT2D eigenvalue weighted by Crippen LogP contribution is 2.19. The van der Waals surface area contributed by atoms with Crippen molar-refractivity contribution in [2.24, 2.45) is 0 Å². The van der Waals surface area contributed by atoms with Crippen molar-refractivity contribution in [2.45, 2.75) is 13.0 Å². The minimum Gasteiger partial charge on any atom is -0.340 e. The molecule has 0 fully saturated rings. The van der Waals surface area contributed by atoms with Crippen LogP contribution in [0.2, 0.25) is 0 Å². The monoisotopic (exact) mass is 208 g/mol. The van der Waals surface area contributed by atoms with E-state index in [-0.39, 0.29) is 11.5 Å². The molecule has 0 saturated carbocycles. The van der Waals surface area contributed by atoms with Gasteiger partial charge in [-0.05, 0) is 25.1 Å². The number of fused-ring (bicyclic) bond motifs is 1. The predicted octanol–water partition coefficient (Wildman–Crippen LogP) is 0.896. The van der Waals surface area contributed by atoms with E-state index in [0.717, 1.165) is 6.07 Å². The van der Waals surface area contributed by atoms with Gasteiger partial charge in [0, 0.05) is 0 Å². The second kappa shape index (κ2) is 3.34. The van der Waals surface area contributed by atoms with Gasteiger partial charge in [0.05, 0.1) is 11.3 Å². The molecular weight excluding hydrogens is 199 g/mol. The number of anilines is 1. The van der Waals surface area contributed by atoms with Crippen LogP contribution in [0.5, 0.6) is 0 Å². The summed E-state index contributed by atoms with van der Waals surface area (Å²) in [5, 5.41) is 5.00. The molecule has 1 atom stereocenters. The minimum atomic E-state index is -0.618. The van der Waals surface area contributed by atoms with E-state index >= 15 is 0 Å². The first-order valence-electron chi connectivity index (χ1n) is 4.49. The highest BCUT2D eigenvalue weighted by Gasteiger charge is 2.24. The number of carbonyl (C=O) groups excluding carboxylic acids is 2. The highest BCUT2D eigenvalue weighted by atomic mass is 19.1. The van der Waals surface area contributed by atoms with E-state index in [9.17, 15) is 14.0 Å². The van der Waals surface area contributed by atoms with Gasteiger partial charge in [-0.15, -0.1) is 0 Å². The molecule has 0 saturated heterocycles. The van der Waals surface area contributed by atoms with Crippen molar-refractivity contribution in [2.75, 3.05) is 5.32 Å².